The number of hydrogen-bond acceptors (Lipinski definition) is 4. The van der Waals surface area contributed by atoms with Gasteiger partial charge in [-0.3, -0.25) is 14.6 Å². The molecule has 5 nitrogen and oxygen atoms in total. The van der Waals surface area contributed by atoms with Crippen LogP contribution in [0.5, 0.6) is 0 Å². The molecule has 2 aromatic heterocycles. The number of amides is 2. The van der Waals surface area contributed by atoms with Gasteiger partial charge >= 0.3 is 0 Å². The summed E-state index contributed by atoms with van der Waals surface area (Å²) in [7, 11) is 0. The Kier molecular flexibility index (Phi) is 3.70. The average Bonchev–Trinajstić information content (AvgIpc) is 3.00. The van der Waals surface area contributed by atoms with Gasteiger partial charge in [0.05, 0.1) is 5.56 Å². The van der Waals surface area contributed by atoms with Crippen LogP contribution < -0.4 is 5.32 Å². The van der Waals surface area contributed by atoms with Crippen molar-refractivity contribution in [3.8, 4) is 0 Å². The topological polar surface area (TPSA) is 62.3 Å². The summed E-state index contributed by atoms with van der Waals surface area (Å²) < 4.78 is 0. The van der Waals surface area contributed by atoms with Crippen LogP contribution in [0.2, 0.25) is 0 Å². The van der Waals surface area contributed by atoms with Crippen molar-refractivity contribution in [3.63, 3.8) is 0 Å². The predicted octanol–water partition coefficient (Wildman–Crippen LogP) is 1.76. The molecule has 108 valence electrons. The van der Waals surface area contributed by atoms with Gasteiger partial charge in [-0.15, -0.1) is 11.3 Å². The molecule has 1 fully saturated rings. The SMILES string of the molecule is Cc1ncccc1C(=O)N1CCNC(=O)C1c1cccs1. The zero-order valence-corrected chi connectivity index (χ0v) is 12.4. The fourth-order valence-electron chi connectivity index (χ4n) is 2.48. The first-order chi connectivity index (χ1) is 10.2. The van der Waals surface area contributed by atoms with Crippen molar-refractivity contribution in [2.24, 2.45) is 0 Å². The van der Waals surface area contributed by atoms with E-state index in [0.717, 1.165) is 4.88 Å². The summed E-state index contributed by atoms with van der Waals surface area (Å²) in [5, 5.41) is 4.74. The molecule has 1 saturated heterocycles. The molecule has 0 radical (unpaired) electrons. The molecule has 2 aromatic rings. The van der Waals surface area contributed by atoms with Crippen LogP contribution in [-0.4, -0.2) is 34.8 Å². The monoisotopic (exact) mass is 301 g/mol. The second kappa shape index (κ2) is 5.65. The van der Waals surface area contributed by atoms with Crippen LogP contribution in [0.15, 0.2) is 35.8 Å². The molecule has 0 bridgehead atoms. The number of nitrogens with zero attached hydrogens (tertiary/aromatic N) is 2. The van der Waals surface area contributed by atoms with Crippen molar-refractivity contribution >= 4 is 23.2 Å². The molecule has 1 aliphatic heterocycles. The van der Waals surface area contributed by atoms with Gasteiger partial charge in [-0.1, -0.05) is 6.07 Å². The largest absolute Gasteiger partial charge is 0.352 e. The third-order valence-corrected chi connectivity index (χ3v) is 4.45. The van der Waals surface area contributed by atoms with Crippen molar-refractivity contribution in [1.29, 1.82) is 0 Å². The summed E-state index contributed by atoms with van der Waals surface area (Å²) in [6.45, 7) is 2.78. The molecule has 1 N–H and O–H groups in total. The number of carbonyl (C=O) groups is 2. The first-order valence-corrected chi connectivity index (χ1v) is 7.60. The highest BCUT2D eigenvalue weighted by Crippen LogP contribution is 2.28. The van der Waals surface area contributed by atoms with Crippen molar-refractivity contribution in [1.82, 2.24) is 15.2 Å². The van der Waals surface area contributed by atoms with Crippen molar-refractivity contribution in [2.75, 3.05) is 13.1 Å². The van der Waals surface area contributed by atoms with Crippen LogP contribution in [0.4, 0.5) is 0 Å². The normalized spacial score (nSPS) is 18.4. The summed E-state index contributed by atoms with van der Waals surface area (Å²) in [4.78, 5) is 31.7. The summed E-state index contributed by atoms with van der Waals surface area (Å²) in [6, 6.07) is 6.72. The van der Waals surface area contributed by atoms with Gasteiger partial charge in [-0.2, -0.15) is 0 Å². The fraction of sp³-hybridized carbons (Fsp3) is 0.267. The minimum Gasteiger partial charge on any atom is -0.352 e. The first kappa shape index (κ1) is 13.8. The van der Waals surface area contributed by atoms with E-state index in [1.54, 1.807) is 30.2 Å². The molecule has 0 spiro atoms. The second-order valence-electron chi connectivity index (χ2n) is 4.84. The zero-order chi connectivity index (χ0) is 14.8. The van der Waals surface area contributed by atoms with Gasteiger partial charge < -0.3 is 10.2 Å². The quantitative estimate of drug-likeness (QED) is 0.919. The lowest BCUT2D eigenvalue weighted by molar-refractivity contribution is -0.127. The number of piperazine rings is 1. The van der Waals surface area contributed by atoms with Crippen LogP contribution in [-0.2, 0) is 4.79 Å². The zero-order valence-electron chi connectivity index (χ0n) is 11.6. The standard InChI is InChI=1S/C15H15N3O2S/c1-10-11(4-2-6-16-10)15(20)18-8-7-17-14(19)13(18)12-5-3-9-21-12/h2-6,9,13H,7-8H2,1H3,(H,17,19). The van der Waals surface area contributed by atoms with Crippen LogP contribution in [0, 0.1) is 6.92 Å². The number of rotatable bonds is 2. The smallest absolute Gasteiger partial charge is 0.256 e. The lowest BCUT2D eigenvalue weighted by atomic mass is 10.1. The molecule has 0 aromatic carbocycles. The highest BCUT2D eigenvalue weighted by Gasteiger charge is 2.35. The molecule has 2 amide bonds. The Morgan fingerprint density at radius 2 is 2.29 bits per heavy atom. The van der Waals surface area contributed by atoms with Crippen LogP contribution in [0.25, 0.3) is 0 Å². The molecular formula is C15H15N3O2S. The van der Waals surface area contributed by atoms with E-state index in [4.69, 9.17) is 0 Å². The number of hydrogen-bond donors (Lipinski definition) is 1. The van der Waals surface area contributed by atoms with Crippen molar-refractivity contribution in [3.05, 3.63) is 52.0 Å². The van der Waals surface area contributed by atoms with Crippen LogP contribution in [0.3, 0.4) is 0 Å². The molecule has 21 heavy (non-hydrogen) atoms. The maximum absolute atomic E-state index is 12.8. The molecule has 3 heterocycles. The first-order valence-electron chi connectivity index (χ1n) is 6.72. The maximum atomic E-state index is 12.8. The second-order valence-corrected chi connectivity index (χ2v) is 5.82. The Hall–Kier alpha value is -2.21. The molecule has 1 aliphatic rings. The van der Waals surface area contributed by atoms with E-state index >= 15 is 0 Å². The number of carbonyl (C=O) groups excluding carboxylic acids is 2. The highest BCUT2D eigenvalue weighted by atomic mass is 32.1. The minimum absolute atomic E-state index is 0.126. The summed E-state index contributed by atoms with van der Waals surface area (Å²) in [5.41, 5.74) is 1.23. The third kappa shape index (κ3) is 2.54. The van der Waals surface area contributed by atoms with E-state index < -0.39 is 6.04 Å². The van der Waals surface area contributed by atoms with E-state index in [0.29, 0.717) is 24.3 Å². The van der Waals surface area contributed by atoms with E-state index in [9.17, 15) is 9.59 Å². The average molecular weight is 301 g/mol. The number of aryl methyl sites for hydroxylation is 1. The number of pyridine rings is 1. The Bertz CT molecular complexity index is 669. The molecule has 0 aliphatic carbocycles. The molecular weight excluding hydrogens is 286 g/mol. The molecule has 1 unspecified atom stereocenters. The highest BCUT2D eigenvalue weighted by molar-refractivity contribution is 7.10. The van der Waals surface area contributed by atoms with Gasteiger partial charge in [0.25, 0.3) is 5.91 Å². The number of nitrogens with one attached hydrogen (secondary N) is 1. The van der Waals surface area contributed by atoms with Crippen LogP contribution in [0.1, 0.15) is 27.0 Å². The van der Waals surface area contributed by atoms with Gasteiger partial charge in [-0.25, -0.2) is 0 Å². The molecule has 1 atom stereocenters. The summed E-state index contributed by atoms with van der Waals surface area (Å²) in [5.74, 6) is -0.271. The van der Waals surface area contributed by atoms with Crippen LogP contribution >= 0.6 is 11.3 Å². The lowest BCUT2D eigenvalue weighted by Crippen LogP contribution is -2.52. The van der Waals surface area contributed by atoms with Gasteiger partial charge in [0.1, 0.15) is 6.04 Å². The fourth-order valence-corrected chi connectivity index (χ4v) is 3.31. The molecule has 6 heteroatoms. The van der Waals surface area contributed by atoms with Crippen molar-refractivity contribution < 1.29 is 9.59 Å². The van der Waals surface area contributed by atoms with E-state index in [1.165, 1.54) is 11.3 Å². The Morgan fingerprint density at radius 3 is 3.00 bits per heavy atom. The van der Waals surface area contributed by atoms with Gasteiger partial charge in [-0.05, 0) is 30.5 Å². The molecule has 3 rings (SSSR count). The number of aromatic nitrogens is 1. The Balaban J connectivity index is 1.97. The predicted molar refractivity (Wildman–Crippen MR) is 80.1 cm³/mol. The van der Waals surface area contributed by atoms with Crippen molar-refractivity contribution in [2.45, 2.75) is 13.0 Å². The van der Waals surface area contributed by atoms with Gasteiger partial charge in [0, 0.05) is 29.9 Å². The van der Waals surface area contributed by atoms with E-state index in [1.807, 2.05) is 17.5 Å². The third-order valence-electron chi connectivity index (χ3n) is 3.52. The minimum atomic E-state index is -0.550. The lowest BCUT2D eigenvalue weighted by Gasteiger charge is -2.34. The van der Waals surface area contributed by atoms with E-state index in [2.05, 4.69) is 10.3 Å². The summed E-state index contributed by atoms with van der Waals surface area (Å²) >= 11 is 1.48. The maximum Gasteiger partial charge on any atom is 0.256 e. The van der Waals surface area contributed by atoms with Gasteiger partial charge in [0.2, 0.25) is 5.91 Å². The summed E-state index contributed by atoms with van der Waals surface area (Å²) in [6.07, 6.45) is 1.66. The molecule has 0 saturated carbocycles. The number of thiophene rings is 1. The van der Waals surface area contributed by atoms with Gasteiger partial charge in [0.15, 0.2) is 0 Å². The Morgan fingerprint density at radius 1 is 1.43 bits per heavy atom. The van der Waals surface area contributed by atoms with E-state index in [-0.39, 0.29) is 11.8 Å². The Labute approximate surface area is 126 Å².